The zero-order chi connectivity index (χ0) is 15.5. The second-order valence-corrected chi connectivity index (χ2v) is 6.51. The van der Waals surface area contributed by atoms with Crippen molar-refractivity contribution in [2.75, 3.05) is 13.1 Å². The van der Waals surface area contributed by atoms with Crippen molar-refractivity contribution in [1.82, 2.24) is 4.90 Å². The van der Waals surface area contributed by atoms with Crippen LogP contribution in [-0.2, 0) is 6.54 Å². The van der Waals surface area contributed by atoms with E-state index in [4.69, 9.17) is 0 Å². The molecule has 1 nitrogen and oxygen atoms in total. The van der Waals surface area contributed by atoms with Crippen LogP contribution in [0.1, 0.15) is 29.9 Å². The van der Waals surface area contributed by atoms with Gasteiger partial charge in [0.2, 0.25) is 0 Å². The minimum atomic E-state index is 0.682. The number of rotatable bonds is 3. The normalized spacial score (nSPS) is 16.7. The molecule has 1 saturated heterocycles. The standard InChI is InChI=1S/C22H22N/c1-2-7-18(8-3-1)17-23-15-13-20(14-16-23)22-12-6-10-19-9-4-5-11-21(19)22/h1-9,11-12,20H,13-17H2. The number of fused-ring (bicyclic) bond motifs is 1. The first kappa shape index (κ1) is 14.5. The molecule has 0 amide bonds. The molecule has 0 saturated carbocycles. The van der Waals surface area contributed by atoms with Gasteiger partial charge in [0, 0.05) is 6.54 Å². The van der Waals surface area contributed by atoms with E-state index in [1.54, 1.807) is 0 Å². The highest BCUT2D eigenvalue weighted by molar-refractivity contribution is 5.85. The molecule has 3 aromatic rings. The maximum absolute atomic E-state index is 3.36. The number of likely N-dealkylation sites (tertiary alicyclic amines) is 1. The third kappa shape index (κ3) is 3.16. The van der Waals surface area contributed by atoms with Crippen LogP contribution in [-0.4, -0.2) is 18.0 Å². The fraction of sp³-hybridized carbons (Fsp3) is 0.273. The first-order chi connectivity index (χ1) is 11.4. The Balaban J connectivity index is 1.47. The molecule has 0 aromatic heterocycles. The predicted octanol–water partition coefficient (Wildman–Crippen LogP) is 5.02. The van der Waals surface area contributed by atoms with E-state index in [1.165, 1.54) is 47.8 Å². The molecule has 4 rings (SSSR count). The molecular weight excluding hydrogens is 278 g/mol. The van der Waals surface area contributed by atoms with Crippen LogP contribution in [0.2, 0.25) is 0 Å². The van der Waals surface area contributed by atoms with Gasteiger partial charge in [0.15, 0.2) is 0 Å². The van der Waals surface area contributed by atoms with E-state index < -0.39 is 0 Å². The molecule has 1 aliphatic heterocycles. The van der Waals surface area contributed by atoms with Crippen molar-refractivity contribution < 1.29 is 0 Å². The molecule has 115 valence electrons. The quantitative estimate of drug-likeness (QED) is 0.656. The van der Waals surface area contributed by atoms with Gasteiger partial charge in [-0.2, -0.15) is 0 Å². The molecule has 0 aliphatic carbocycles. The highest BCUT2D eigenvalue weighted by Crippen LogP contribution is 2.33. The number of hydrogen-bond acceptors (Lipinski definition) is 1. The second kappa shape index (κ2) is 6.55. The highest BCUT2D eigenvalue weighted by Gasteiger charge is 2.21. The fourth-order valence-corrected chi connectivity index (χ4v) is 3.77. The average molecular weight is 300 g/mol. The van der Waals surface area contributed by atoms with E-state index >= 15 is 0 Å². The lowest BCUT2D eigenvalue weighted by molar-refractivity contribution is 0.205. The van der Waals surface area contributed by atoms with Gasteiger partial charge in [-0.05, 0) is 59.8 Å². The van der Waals surface area contributed by atoms with E-state index in [1.807, 2.05) is 0 Å². The van der Waals surface area contributed by atoms with Gasteiger partial charge in [-0.3, -0.25) is 4.90 Å². The van der Waals surface area contributed by atoms with Gasteiger partial charge in [0.1, 0.15) is 0 Å². The van der Waals surface area contributed by atoms with E-state index in [0.717, 1.165) is 6.54 Å². The summed E-state index contributed by atoms with van der Waals surface area (Å²) in [6, 6.07) is 27.2. The zero-order valence-electron chi connectivity index (χ0n) is 13.4. The summed E-state index contributed by atoms with van der Waals surface area (Å²) in [6.45, 7) is 3.45. The molecule has 0 unspecified atom stereocenters. The molecule has 1 fully saturated rings. The third-order valence-electron chi connectivity index (χ3n) is 5.02. The van der Waals surface area contributed by atoms with Gasteiger partial charge in [0.05, 0.1) is 0 Å². The molecule has 0 spiro atoms. The maximum Gasteiger partial charge on any atom is 0.0233 e. The van der Waals surface area contributed by atoms with Crippen LogP contribution >= 0.6 is 0 Å². The molecule has 0 N–H and O–H groups in total. The summed E-state index contributed by atoms with van der Waals surface area (Å²) in [5.41, 5.74) is 2.93. The van der Waals surface area contributed by atoms with Gasteiger partial charge in [-0.15, -0.1) is 0 Å². The molecular formula is C22H22N. The van der Waals surface area contributed by atoms with Crippen LogP contribution in [0.25, 0.3) is 10.8 Å². The topological polar surface area (TPSA) is 3.24 Å². The molecule has 0 bridgehead atoms. The van der Waals surface area contributed by atoms with Crippen molar-refractivity contribution in [3.8, 4) is 0 Å². The van der Waals surface area contributed by atoms with Gasteiger partial charge in [-0.25, -0.2) is 0 Å². The molecule has 1 aliphatic rings. The van der Waals surface area contributed by atoms with Crippen LogP contribution in [0.15, 0.2) is 66.7 Å². The van der Waals surface area contributed by atoms with E-state index in [9.17, 15) is 0 Å². The Morgan fingerprint density at radius 1 is 0.870 bits per heavy atom. The SMILES string of the molecule is [c]1ccc(C2CCN(Cc3ccccc3)CC2)c2ccccc12. The monoisotopic (exact) mass is 300 g/mol. The fourth-order valence-electron chi connectivity index (χ4n) is 3.77. The Kier molecular flexibility index (Phi) is 4.12. The minimum absolute atomic E-state index is 0.682. The predicted molar refractivity (Wildman–Crippen MR) is 96.5 cm³/mol. The summed E-state index contributed by atoms with van der Waals surface area (Å²) in [5.74, 6) is 0.682. The molecule has 3 aromatic carbocycles. The average Bonchev–Trinajstić information content (AvgIpc) is 2.63. The number of nitrogens with zero attached hydrogens (tertiary/aromatic N) is 1. The van der Waals surface area contributed by atoms with Crippen LogP contribution < -0.4 is 0 Å². The largest absolute Gasteiger partial charge is 0.299 e. The first-order valence-electron chi connectivity index (χ1n) is 8.56. The van der Waals surface area contributed by atoms with Crippen molar-refractivity contribution in [1.29, 1.82) is 0 Å². The number of benzene rings is 3. The molecule has 1 radical (unpaired) electrons. The van der Waals surface area contributed by atoms with Gasteiger partial charge < -0.3 is 0 Å². The Labute approximate surface area is 138 Å². The van der Waals surface area contributed by atoms with Crippen molar-refractivity contribution in [2.45, 2.75) is 25.3 Å². The first-order valence-corrected chi connectivity index (χ1v) is 8.56. The minimum Gasteiger partial charge on any atom is -0.299 e. The van der Waals surface area contributed by atoms with Gasteiger partial charge in [-0.1, -0.05) is 66.7 Å². The lowest BCUT2D eigenvalue weighted by atomic mass is 9.86. The Bertz CT molecular complexity index is 765. The summed E-state index contributed by atoms with van der Waals surface area (Å²) in [7, 11) is 0. The summed E-state index contributed by atoms with van der Waals surface area (Å²) < 4.78 is 0. The Morgan fingerprint density at radius 3 is 2.43 bits per heavy atom. The van der Waals surface area contributed by atoms with E-state index in [2.05, 4.69) is 77.7 Å². The lowest BCUT2D eigenvalue weighted by Gasteiger charge is -2.32. The lowest BCUT2D eigenvalue weighted by Crippen LogP contribution is -2.32. The van der Waals surface area contributed by atoms with E-state index in [-0.39, 0.29) is 0 Å². The van der Waals surface area contributed by atoms with Gasteiger partial charge >= 0.3 is 0 Å². The molecule has 1 heteroatoms. The highest BCUT2D eigenvalue weighted by atomic mass is 15.1. The number of hydrogen-bond donors (Lipinski definition) is 0. The van der Waals surface area contributed by atoms with E-state index in [0.29, 0.717) is 5.92 Å². The van der Waals surface area contributed by atoms with Crippen molar-refractivity contribution in [3.63, 3.8) is 0 Å². The van der Waals surface area contributed by atoms with Gasteiger partial charge in [0.25, 0.3) is 0 Å². The Morgan fingerprint density at radius 2 is 1.61 bits per heavy atom. The van der Waals surface area contributed by atoms with Crippen LogP contribution in [0.5, 0.6) is 0 Å². The molecule has 0 atom stereocenters. The van der Waals surface area contributed by atoms with Crippen LogP contribution in [0.3, 0.4) is 0 Å². The summed E-state index contributed by atoms with van der Waals surface area (Å²) >= 11 is 0. The van der Waals surface area contributed by atoms with Crippen molar-refractivity contribution in [3.05, 3.63) is 83.9 Å². The van der Waals surface area contributed by atoms with Crippen molar-refractivity contribution >= 4 is 10.8 Å². The Hall–Kier alpha value is -2.12. The summed E-state index contributed by atoms with van der Waals surface area (Å²) in [4.78, 5) is 2.59. The maximum atomic E-state index is 3.36. The smallest absolute Gasteiger partial charge is 0.0233 e. The summed E-state index contributed by atoms with van der Waals surface area (Å²) in [5, 5.41) is 2.63. The second-order valence-electron chi connectivity index (χ2n) is 6.51. The third-order valence-corrected chi connectivity index (χ3v) is 5.02. The zero-order valence-corrected chi connectivity index (χ0v) is 13.4. The van der Waals surface area contributed by atoms with Crippen molar-refractivity contribution in [2.24, 2.45) is 0 Å². The molecule has 23 heavy (non-hydrogen) atoms. The van der Waals surface area contributed by atoms with Crippen LogP contribution in [0, 0.1) is 6.07 Å². The summed E-state index contributed by atoms with van der Waals surface area (Å²) in [6.07, 6.45) is 2.50. The molecule has 1 heterocycles. The van der Waals surface area contributed by atoms with Crippen LogP contribution in [0.4, 0.5) is 0 Å². The number of piperidine rings is 1.